The fourth-order valence-electron chi connectivity index (χ4n) is 6.11. The van der Waals surface area contributed by atoms with Gasteiger partial charge in [0.15, 0.2) is 0 Å². The van der Waals surface area contributed by atoms with Crippen molar-refractivity contribution in [3.8, 4) is 23.0 Å². The molecule has 8 heteroatoms. The molecular formula is C34H34N2O6. The average molecular weight is 567 g/mol. The highest BCUT2D eigenvalue weighted by Crippen LogP contribution is 2.52. The van der Waals surface area contributed by atoms with Crippen molar-refractivity contribution >= 4 is 11.4 Å². The molecule has 216 valence electrons. The zero-order chi connectivity index (χ0) is 29.9. The topological polar surface area (TPSA) is 105 Å². The number of rotatable bonds is 9. The van der Waals surface area contributed by atoms with E-state index in [1.807, 2.05) is 24.3 Å². The number of hydrogen-bond donors (Lipinski definition) is 0. The van der Waals surface area contributed by atoms with E-state index in [1.165, 1.54) is 23.3 Å². The number of nitro benzene ring substituents is 2. The van der Waals surface area contributed by atoms with Gasteiger partial charge in [-0.3, -0.25) is 20.2 Å². The van der Waals surface area contributed by atoms with Crippen molar-refractivity contribution in [1.29, 1.82) is 0 Å². The molecule has 0 amide bonds. The van der Waals surface area contributed by atoms with Gasteiger partial charge in [-0.15, -0.1) is 0 Å². The van der Waals surface area contributed by atoms with Crippen molar-refractivity contribution < 1.29 is 19.3 Å². The lowest BCUT2D eigenvalue weighted by atomic mass is 9.58. The van der Waals surface area contributed by atoms with Gasteiger partial charge in [-0.05, 0) is 90.0 Å². The van der Waals surface area contributed by atoms with Crippen LogP contribution < -0.4 is 9.47 Å². The first kappa shape index (κ1) is 28.8. The van der Waals surface area contributed by atoms with Crippen LogP contribution in [0.1, 0.15) is 57.1 Å². The van der Waals surface area contributed by atoms with Crippen LogP contribution in [0.25, 0.3) is 0 Å². The molecule has 42 heavy (non-hydrogen) atoms. The van der Waals surface area contributed by atoms with E-state index in [4.69, 9.17) is 9.47 Å². The van der Waals surface area contributed by atoms with E-state index in [9.17, 15) is 20.2 Å². The Balaban J connectivity index is 1.41. The summed E-state index contributed by atoms with van der Waals surface area (Å²) < 4.78 is 11.8. The first-order valence-corrected chi connectivity index (χ1v) is 14.2. The smallest absolute Gasteiger partial charge is 0.311 e. The summed E-state index contributed by atoms with van der Waals surface area (Å²) in [6.07, 6.45) is 3.17. The lowest BCUT2D eigenvalue weighted by molar-refractivity contribution is -0.385. The standard InChI is InChI=1S/C34H34N2O6/c1-23(2)25-20-21-34(3,26-14-18-28(19-15-26)42-33-11-7-5-9-31(33)36(39)40)29(22-25)24-12-16-27(17-13-24)41-32-10-6-4-8-30(32)35(37)38/h4-19,23,25,29H,20-22H2,1-3H3. The minimum atomic E-state index is -0.445. The summed E-state index contributed by atoms with van der Waals surface area (Å²) in [5.74, 6) is 2.90. The minimum Gasteiger partial charge on any atom is -0.450 e. The summed E-state index contributed by atoms with van der Waals surface area (Å²) in [4.78, 5) is 21.9. The highest BCUT2D eigenvalue weighted by Gasteiger charge is 2.42. The van der Waals surface area contributed by atoms with Gasteiger partial charge in [0.1, 0.15) is 11.5 Å². The van der Waals surface area contributed by atoms with E-state index in [0.717, 1.165) is 19.3 Å². The van der Waals surface area contributed by atoms with E-state index >= 15 is 0 Å². The predicted octanol–water partition coefficient (Wildman–Crippen LogP) is 9.59. The second-order valence-corrected chi connectivity index (χ2v) is 11.5. The van der Waals surface area contributed by atoms with Gasteiger partial charge in [-0.25, -0.2) is 0 Å². The summed E-state index contributed by atoms with van der Waals surface area (Å²) >= 11 is 0. The Labute approximate surface area is 245 Å². The molecule has 0 spiro atoms. The van der Waals surface area contributed by atoms with Crippen molar-refractivity contribution in [1.82, 2.24) is 0 Å². The molecule has 1 fully saturated rings. The van der Waals surface area contributed by atoms with Crippen LogP contribution in [-0.4, -0.2) is 9.85 Å². The fourth-order valence-corrected chi connectivity index (χ4v) is 6.11. The van der Waals surface area contributed by atoms with Gasteiger partial charge in [0.25, 0.3) is 0 Å². The molecule has 0 heterocycles. The molecule has 3 atom stereocenters. The zero-order valence-electron chi connectivity index (χ0n) is 23.9. The largest absolute Gasteiger partial charge is 0.450 e. The molecule has 0 aromatic heterocycles. The van der Waals surface area contributed by atoms with Crippen LogP contribution in [0.4, 0.5) is 11.4 Å². The Morgan fingerprint density at radius 3 is 1.69 bits per heavy atom. The number of nitrogens with zero attached hydrogens (tertiary/aromatic N) is 2. The van der Waals surface area contributed by atoms with Gasteiger partial charge >= 0.3 is 11.4 Å². The van der Waals surface area contributed by atoms with E-state index in [1.54, 1.807) is 36.4 Å². The SMILES string of the molecule is CC(C)C1CCC(C)(c2ccc(Oc3ccccc3[N+](=O)[O-])cc2)C(c2ccc(Oc3ccccc3[N+](=O)[O-])cc2)C1. The molecule has 1 aliphatic carbocycles. The number of nitro groups is 2. The Hall–Kier alpha value is -4.72. The molecule has 1 aliphatic rings. The van der Waals surface area contributed by atoms with Gasteiger partial charge in [0, 0.05) is 12.1 Å². The molecule has 0 saturated heterocycles. The summed E-state index contributed by atoms with van der Waals surface area (Å²) in [5.41, 5.74) is 2.08. The molecule has 1 saturated carbocycles. The molecule has 0 N–H and O–H groups in total. The minimum absolute atomic E-state index is 0.0736. The Morgan fingerprint density at radius 1 is 0.738 bits per heavy atom. The summed E-state index contributed by atoms with van der Waals surface area (Å²) in [7, 11) is 0. The molecule has 5 rings (SSSR count). The fraction of sp³-hybridized carbons (Fsp3) is 0.294. The predicted molar refractivity (Wildman–Crippen MR) is 161 cm³/mol. The number of benzene rings is 4. The summed E-state index contributed by atoms with van der Waals surface area (Å²) in [5, 5.41) is 22.8. The number of ether oxygens (including phenoxy) is 2. The maximum atomic E-state index is 11.4. The molecular weight excluding hydrogens is 532 g/mol. The first-order chi connectivity index (χ1) is 20.2. The molecule has 0 bridgehead atoms. The quantitative estimate of drug-likeness (QED) is 0.148. The van der Waals surface area contributed by atoms with Gasteiger partial charge in [-0.2, -0.15) is 0 Å². The third-order valence-corrected chi connectivity index (χ3v) is 8.66. The summed E-state index contributed by atoms with van der Waals surface area (Å²) in [6, 6.07) is 28.5. The highest BCUT2D eigenvalue weighted by molar-refractivity contribution is 5.50. The van der Waals surface area contributed by atoms with E-state index < -0.39 is 9.85 Å². The van der Waals surface area contributed by atoms with E-state index in [0.29, 0.717) is 23.3 Å². The van der Waals surface area contributed by atoms with Crippen molar-refractivity contribution in [2.75, 3.05) is 0 Å². The van der Waals surface area contributed by atoms with E-state index in [-0.39, 0.29) is 34.2 Å². The number of hydrogen-bond acceptors (Lipinski definition) is 6. The zero-order valence-corrected chi connectivity index (χ0v) is 23.9. The lowest BCUT2D eigenvalue weighted by Crippen LogP contribution is -2.37. The molecule has 0 aliphatic heterocycles. The van der Waals surface area contributed by atoms with Crippen LogP contribution in [0.5, 0.6) is 23.0 Å². The van der Waals surface area contributed by atoms with Crippen LogP contribution in [0, 0.1) is 32.1 Å². The number of para-hydroxylation sites is 4. The third kappa shape index (κ3) is 5.98. The second-order valence-electron chi connectivity index (χ2n) is 11.5. The van der Waals surface area contributed by atoms with Crippen LogP contribution in [0.2, 0.25) is 0 Å². The Bertz CT molecular complexity index is 1570. The first-order valence-electron chi connectivity index (χ1n) is 14.2. The third-order valence-electron chi connectivity index (χ3n) is 8.66. The Morgan fingerprint density at radius 2 is 1.21 bits per heavy atom. The Kier molecular flexibility index (Phi) is 8.24. The van der Waals surface area contributed by atoms with Gasteiger partial charge in [0.2, 0.25) is 11.5 Å². The van der Waals surface area contributed by atoms with Crippen molar-refractivity contribution in [3.05, 3.63) is 128 Å². The molecule has 4 aromatic rings. The molecule has 0 radical (unpaired) electrons. The van der Waals surface area contributed by atoms with Gasteiger partial charge in [-0.1, -0.05) is 69.3 Å². The van der Waals surface area contributed by atoms with Gasteiger partial charge < -0.3 is 9.47 Å². The van der Waals surface area contributed by atoms with Crippen LogP contribution in [0.3, 0.4) is 0 Å². The van der Waals surface area contributed by atoms with Crippen LogP contribution in [0.15, 0.2) is 97.1 Å². The molecule has 4 aromatic carbocycles. The molecule has 3 unspecified atom stereocenters. The maximum Gasteiger partial charge on any atom is 0.311 e. The molecule has 8 nitrogen and oxygen atoms in total. The summed E-state index contributed by atoms with van der Waals surface area (Å²) in [6.45, 7) is 6.87. The highest BCUT2D eigenvalue weighted by atomic mass is 16.6. The average Bonchev–Trinajstić information content (AvgIpc) is 2.98. The van der Waals surface area contributed by atoms with Crippen molar-refractivity contribution in [2.24, 2.45) is 11.8 Å². The van der Waals surface area contributed by atoms with Crippen molar-refractivity contribution in [2.45, 2.75) is 51.4 Å². The van der Waals surface area contributed by atoms with Crippen LogP contribution in [-0.2, 0) is 5.41 Å². The van der Waals surface area contributed by atoms with Crippen molar-refractivity contribution in [3.63, 3.8) is 0 Å². The monoisotopic (exact) mass is 566 g/mol. The second kappa shape index (κ2) is 12.0. The van der Waals surface area contributed by atoms with Gasteiger partial charge in [0.05, 0.1) is 9.85 Å². The lowest BCUT2D eigenvalue weighted by Gasteiger charge is -2.46. The van der Waals surface area contributed by atoms with Crippen LogP contribution >= 0.6 is 0 Å². The normalized spacial score (nSPS) is 20.2. The van der Waals surface area contributed by atoms with E-state index in [2.05, 4.69) is 45.0 Å². The maximum absolute atomic E-state index is 11.4.